The number of carbonyl (C=O) groups excluding carboxylic acids is 3. The molecule has 4 aliphatic rings. The number of ether oxygens (including phenoxy) is 1. The van der Waals surface area contributed by atoms with E-state index < -0.39 is 23.4 Å². The number of carbonyl (C=O) groups is 3. The maximum Gasteiger partial charge on any atom is 0.226 e. The normalized spacial score (nSPS) is 26.0. The number of hydrogen-bond donors (Lipinski definition) is 0. The second-order valence-corrected chi connectivity index (χ2v) is 7.13. The average molecular weight is 347 g/mol. The van der Waals surface area contributed by atoms with Gasteiger partial charge in [0.2, 0.25) is 17.2 Å². The van der Waals surface area contributed by atoms with Crippen molar-refractivity contribution in [2.75, 3.05) is 0 Å². The highest BCUT2D eigenvalue weighted by atomic mass is 16.5. The summed E-state index contributed by atoms with van der Waals surface area (Å²) in [5.41, 5.74) is 0.810. The van der Waals surface area contributed by atoms with Crippen molar-refractivity contribution in [3.05, 3.63) is 70.6 Å². The Bertz CT molecular complexity index is 946. The summed E-state index contributed by atoms with van der Waals surface area (Å²) < 4.78 is 6.18. The van der Waals surface area contributed by atoms with Crippen LogP contribution in [0.25, 0.3) is 0 Å². The van der Waals surface area contributed by atoms with Gasteiger partial charge in [-0.1, -0.05) is 24.3 Å². The lowest BCUT2D eigenvalue weighted by atomic mass is 9.77. The molecule has 1 atom stereocenters. The van der Waals surface area contributed by atoms with Crippen molar-refractivity contribution in [3.8, 4) is 0 Å². The number of rotatable bonds is 0. The molecule has 1 aromatic rings. The maximum atomic E-state index is 13.4. The molecule has 1 aromatic carbocycles. The Hall–Kier alpha value is -2.79. The van der Waals surface area contributed by atoms with E-state index in [1.54, 1.807) is 24.3 Å². The van der Waals surface area contributed by atoms with Crippen molar-refractivity contribution < 1.29 is 19.1 Å². The van der Waals surface area contributed by atoms with Crippen LogP contribution >= 0.6 is 0 Å². The van der Waals surface area contributed by atoms with E-state index >= 15 is 0 Å². The average Bonchev–Trinajstić information content (AvgIpc) is 2.84. The molecule has 0 radical (unpaired) electrons. The van der Waals surface area contributed by atoms with E-state index in [0.717, 1.165) is 11.3 Å². The van der Waals surface area contributed by atoms with Crippen LogP contribution in [0.5, 0.6) is 0 Å². The van der Waals surface area contributed by atoms with E-state index in [9.17, 15) is 14.4 Å². The SMILES string of the molecule is CC1=CC2OC3(C(=O)c4ccccc4C3=O)C3=C(CCCC3=O)N2C=C1. The second-order valence-electron chi connectivity index (χ2n) is 7.13. The van der Waals surface area contributed by atoms with Gasteiger partial charge >= 0.3 is 0 Å². The van der Waals surface area contributed by atoms with Gasteiger partial charge in [-0.3, -0.25) is 14.4 Å². The smallest absolute Gasteiger partial charge is 0.226 e. The van der Waals surface area contributed by atoms with Gasteiger partial charge in [0.15, 0.2) is 12.0 Å². The number of ketones is 3. The van der Waals surface area contributed by atoms with Gasteiger partial charge in [-0.05, 0) is 37.5 Å². The Morgan fingerprint density at radius 3 is 2.46 bits per heavy atom. The molecule has 0 aromatic heterocycles. The summed E-state index contributed by atoms with van der Waals surface area (Å²) >= 11 is 0. The van der Waals surface area contributed by atoms with Crippen LogP contribution in [0.4, 0.5) is 0 Å². The van der Waals surface area contributed by atoms with Crippen LogP contribution in [0, 0.1) is 0 Å². The minimum Gasteiger partial charge on any atom is -0.326 e. The molecule has 5 nitrogen and oxygen atoms in total. The number of hydrogen-bond acceptors (Lipinski definition) is 5. The van der Waals surface area contributed by atoms with Gasteiger partial charge in [-0.15, -0.1) is 0 Å². The van der Waals surface area contributed by atoms with E-state index in [0.29, 0.717) is 30.4 Å². The van der Waals surface area contributed by atoms with Crippen LogP contribution in [0.3, 0.4) is 0 Å². The fraction of sp³-hybridized carbons (Fsp3) is 0.286. The van der Waals surface area contributed by atoms with Gasteiger partial charge in [0.05, 0.1) is 5.57 Å². The molecule has 0 bridgehead atoms. The van der Waals surface area contributed by atoms with Gasteiger partial charge < -0.3 is 9.64 Å². The lowest BCUT2D eigenvalue weighted by Gasteiger charge is -2.46. The fourth-order valence-corrected chi connectivity index (χ4v) is 4.40. The number of Topliss-reactive ketones (excluding diaryl/α,β-unsaturated/α-hetero) is 3. The van der Waals surface area contributed by atoms with Crippen molar-refractivity contribution in [2.45, 2.75) is 38.0 Å². The lowest BCUT2D eigenvalue weighted by molar-refractivity contribution is -0.124. The fourth-order valence-electron chi connectivity index (χ4n) is 4.40. The van der Waals surface area contributed by atoms with Gasteiger partial charge in [0.1, 0.15) is 0 Å². The third kappa shape index (κ3) is 1.76. The minimum atomic E-state index is -1.83. The Labute approximate surface area is 150 Å². The Balaban J connectivity index is 1.79. The van der Waals surface area contributed by atoms with E-state index in [4.69, 9.17) is 4.74 Å². The molecule has 0 fully saturated rings. The number of benzene rings is 1. The van der Waals surface area contributed by atoms with Crippen molar-refractivity contribution in [3.63, 3.8) is 0 Å². The zero-order valence-electron chi connectivity index (χ0n) is 14.3. The third-order valence-electron chi connectivity index (χ3n) is 5.58. The van der Waals surface area contributed by atoms with Crippen molar-refractivity contribution in [1.29, 1.82) is 0 Å². The molecule has 0 N–H and O–H groups in total. The molecule has 2 heterocycles. The molecule has 1 spiro atoms. The van der Waals surface area contributed by atoms with Crippen molar-refractivity contribution in [1.82, 2.24) is 4.90 Å². The first kappa shape index (κ1) is 15.5. The maximum absolute atomic E-state index is 13.4. The largest absolute Gasteiger partial charge is 0.326 e. The molecule has 2 aliphatic heterocycles. The van der Waals surface area contributed by atoms with Gasteiger partial charge in [0, 0.05) is 29.4 Å². The molecular formula is C21H17NO4. The number of allylic oxidation sites excluding steroid dienone is 3. The topological polar surface area (TPSA) is 63.7 Å². The van der Waals surface area contributed by atoms with Gasteiger partial charge in [-0.2, -0.15) is 0 Å². The first-order valence-electron chi connectivity index (χ1n) is 8.82. The summed E-state index contributed by atoms with van der Waals surface area (Å²) in [7, 11) is 0. The summed E-state index contributed by atoms with van der Waals surface area (Å²) in [5, 5.41) is 0. The van der Waals surface area contributed by atoms with Crippen LogP contribution in [0.15, 0.2) is 59.5 Å². The summed E-state index contributed by atoms with van der Waals surface area (Å²) in [6, 6.07) is 6.72. The molecule has 0 saturated heterocycles. The highest BCUT2D eigenvalue weighted by Gasteiger charge is 2.63. The number of fused-ring (bicyclic) bond motifs is 4. The molecule has 1 unspecified atom stereocenters. The predicted octanol–water partition coefficient (Wildman–Crippen LogP) is 2.94. The summed E-state index contributed by atoms with van der Waals surface area (Å²) in [4.78, 5) is 41.4. The van der Waals surface area contributed by atoms with Gasteiger partial charge in [-0.25, -0.2) is 0 Å². The van der Waals surface area contributed by atoms with E-state index in [2.05, 4.69) is 0 Å². The van der Waals surface area contributed by atoms with E-state index in [-0.39, 0.29) is 11.4 Å². The molecule has 26 heavy (non-hydrogen) atoms. The van der Waals surface area contributed by atoms with Crippen molar-refractivity contribution in [2.24, 2.45) is 0 Å². The van der Waals surface area contributed by atoms with Crippen LogP contribution < -0.4 is 0 Å². The summed E-state index contributed by atoms with van der Waals surface area (Å²) in [6.07, 6.45) is 6.82. The zero-order valence-corrected chi connectivity index (χ0v) is 14.3. The zero-order chi connectivity index (χ0) is 18.1. The third-order valence-corrected chi connectivity index (χ3v) is 5.58. The van der Waals surface area contributed by atoms with Crippen LogP contribution in [-0.2, 0) is 9.53 Å². The first-order valence-corrected chi connectivity index (χ1v) is 8.82. The molecule has 0 saturated carbocycles. The summed E-state index contributed by atoms with van der Waals surface area (Å²) in [6.45, 7) is 1.94. The Morgan fingerprint density at radius 1 is 1.08 bits per heavy atom. The van der Waals surface area contributed by atoms with Crippen LogP contribution in [0.2, 0.25) is 0 Å². The highest BCUT2D eigenvalue weighted by molar-refractivity contribution is 6.37. The van der Waals surface area contributed by atoms with Gasteiger partial charge in [0.25, 0.3) is 0 Å². The number of nitrogens with zero attached hydrogens (tertiary/aromatic N) is 1. The Kier molecular flexibility index (Phi) is 3.04. The van der Waals surface area contributed by atoms with E-state index in [1.807, 2.05) is 30.2 Å². The molecule has 5 rings (SSSR count). The molecule has 0 amide bonds. The first-order chi connectivity index (χ1) is 12.5. The van der Waals surface area contributed by atoms with Crippen LogP contribution in [0.1, 0.15) is 46.9 Å². The van der Waals surface area contributed by atoms with E-state index in [1.165, 1.54) is 0 Å². The molecule has 130 valence electrons. The molecule has 5 heteroatoms. The lowest BCUT2D eigenvalue weighted by Crippen LogP contribution is -2.58. The molecular weight excluding hydrogens is 330 g/mol. The highest BCUT2D eigenvalue weighted by Crippen LogP contribution is 2.48. The Morgan fingerprint density at radius 2 is 1.77 bits per heavy atom. The monoisotopic (exact) mass is 347 g/mol. The van der Waals surface area contributed by atoms with Crippen LogP contribution in [-0.4, -0.2) is 34.1 Å². The second kappa shape index (κ2) is 5.11. The summed E-state index contributed by atoms with van der Waals surface area (Å²) in [5.74, 6) is -0.999. The quantitative estimate of drug-likeness (QED) is 0.675. The predicted molar refractivity (Wildman–Crippen MR) is 93.3 cm³/mol. The van der Waals surface area contributed by atoms with Crippen molar-refractivity contribution >= 4 is 17.3 Å². The molecule has 2 aliphatic carbocycles. The minimum absolute atomic E-state index is 0.168. The standard InChI is InChI=1S/C21H17NO4/c1-12-9-10-22-15-7-4-8-16(23)18(15)21(26-17(22)11-12)19(24)13-5-2-3-6-14(13)20(21)25/h2-3,5-6,9-11,17H,4,7-8H2,1H3.